The number of carbonyl (C=O) groups is 1. The van der Waals surface area contributed by atoms with E-state index < -0.39 is 27.7 Å². The number of rotatable bonds is 9. The van der Waals surface area contributed by atoms with Gasteiger partial charge in [0.2, 0.25) is 0 Å². The van der Waals surface area contributed by atoms with Gasteiger partial charge < -0.3 is 9.64 Å². The summed E-state index contributed by atoms with van der Waals surface area (Å²) in [7, 11) is 0. The molecule has 2 aliphatic rings. The maximum absolute atomic E-state index is 13.2. The minimum atomic E-state index is -0.704. The second-order valence-electron chi connectivity index (χ2n) is 10.0. The monoisotopic (exact) mass is 578 g/mol. The molecule has 1 aromatic heterocycles. The third kappa shape index (κ3) is 5.95. The van der Waals surface area contributed by atoms with E-state index in [1.165, 1.54) is 35.8 Å². The largest absolute Gasteiger partial charge is 0.465 e. The van der Waals surface area contributed by atoms with Crippen LogP contribution in [0.25, 0.3) is 0 Å². The van der Waals surface area contributed by atoms with Crippen molar-refractivity contribution in [3.63, 3.8) is 0 Å². The molecular weight excluding hydrogens is 548 g/mol. The standard InChI is InChI=1S/C28H30N6O6S/c1-3-40-28(35)24-18(2)29-27-26(25(24)19-5-4-6-22(17-19)34(38)39)23(30-41-27)11-12-31-13-15-32(16-14-31)20-7-9-21(10-8-20)33(36)37/h4-10,17,24-25H,3,11-16H2,1-2H3. The van der Waals surface area contributed by atoms with Gasteiger partial charge >= 0.3 is 5.97 Å². The molecule has 3 aromatic rings. The molecule has 2 aromatic carbocycles. The molecule has 0 amide bonds. The fourth-order valence-corrected chi connectivity index (χ4v) is 6.45. The van der Waals surface area contributed by atoms with Gasteiger partial charge in [0.25, 0.3) is 11.4 Å². The molecule has 2 unspecified atom stereocenters. The molecule has 2 aliphatic heterocycles. The molecule has 2 atom stereocenters. The fourth-order valence-electron chi connectivity index (χ4n) is 5.54. The van der Waals surface area contributed by atoms with Gasteiger partial charge in [-0.1, -0.05) is 12.1 Å². The summed E-state index contributed by atoms with van der Waals surface area (Å²) < 4.78 is 10.1. The molecule has 41 heavy (non-hydrogen) atoms. The van der Waals surface area contributed by atoms with Gasteiger partial charge in [0.05, 0.1) is 22.1 Å². The smallest absolute Gasteiger partial charge is 0.315 e. The van der Waals surface area contributed by atoms with E-state index in [4.69, 9.17) is 14.1 Å². The lowest BCUT2D eigenvalue weighted by atomic mass is 9.76. The minimum Gasteiger partial charge on any atom is -0.465 e. The Hall–Kier alpha value is -4.23. The van der Waals surface area contributed by atoms with Crippen LogP contribution in [0.3, 0.4) is 0 Å². The Kier molecular flexibility index (Phi) is 8.36. The third-order valence-electron chi connectivity index (χ3n) is 7.60. The Bertz CT molecular complexity index is 1480. The first-order valence-electron chi connectivity index (χ1n) is 13.4. The highest BCUT2D eigenvalue weighted by atomic mass is 32.1. The second-order valence-corrected chi connectivity index (χ2v) is 10.8. The lowest BCUT2D eigenvalue weighted by molar-refractivity contribution is -0.385. The number of piperazine rings is 1. The summed E-state index contributed by atoms with van der Waals surface area (Å²) in [6, 6.07) is 13.0. The lowest BCUT2D eigenvalue weighted by Crippen LogP contribution is -2.47. The van der Waals surface area contributed by atoms with Crippen LogP contribution in [-0.4, -0.2) is 70.1 Å². The molecule has 13 heteroatoms. The van der Waals surface area contributed by atoms with Crippen LogP contribution < -0.4 is 4.90 Å². The number of carbonyl (C=O) groups excluding carboxylic acids is 1. The van der Waals surface area contributed by atoms with Gasteiger partial charge in [0.15, 0.2) is 0 Å². The van der Waals surface area contributed by atoms with E-state index in [9.17, 15) is 25.0 Å². The highest BCUT2D eigenvalue weighted by molar-refractivity contribution is 7.10. The molecule has 5 rings (SSSR count). The predicted octanol–water partition coefficient (Wildman–Crippen LogP) is 4.74. The quantitative estimate of drug-likeness (QED) is 0.200. The molecule has 0 spiro atoms. The molecular formula is C28H30N6O6S. The molecule has 0 radical (unpaired) electrons. The normalized spacial score (nSPS) is 18.9. The van der Waals surface area contributed by atoms with Gasteiger partial charge in [0.1, 0.15) is 10.9 Å². The van der Waals surface area contributed by atoms with Crippen LogP contribution in [0.2, 0.25) is 0 Å². The number of nitro groups is 2. The summed E-state index contributed by atoms with van der Waals surface area (Å²) in [6.45, 7) is 7.73. The highest BCUT2D eigenvalue weighted by Gasteiger charge is 2.41. The summed E-state index contributed by atoms with van der Waals surface area (Å²) in [4.78, 5) is 44.1. The number of benzene rings is 2. The molecule has 1 fully saturated rings. The average molecular weight is 579 g/mol. The van der Waals surface area contributed by atoms with Crippen LogP contribution >= 0.6 is 11.5 Å². The Balaban J connectivity index is 1.34. The Morgan fingerprint density at radius 2 is 1.76 bits per heavy atom. The van der Waals surface area contributed by atoms with Crippen molar-refractivity contribution in [3.8, 4) is 0 Å². The lowest BCUT2D eigenvalue weighted by Gasteiger charge is -2.36. The molecule has 0 aliphatic carbocycles. The second kappa shape index (κ2) is 12.1. The molecule has 214 valence electrons. The molecule has 3 heterocycles. The summed E-state index contributed by atoms with van der Waals surface area (Å²) in [6.07, 6.45) is 0.638. The van der Waals surface area contributed by atoms with Crippen molar-refractivity contribution in [1.29, 1.82) is 0 Å². The molecule has 1 saturated heterocycles. The number of aromatic nitrogens is 1. The molecule has 12 nitrogen and oxygen atoms in total. The summed E-state index contributed by atoms with van der Waals surface area (Å²) in [5.74, 6) is -1.60. The van der Waals surface area contributed by atoms with E-state index in [2.05, 4.69) is 9.80 Å². The topological polar surface area (TPSA) is 144 Å². The molecule has 0 bridgehead atoms. The number of hydrogen-bond donors (Lipinski definition) is 0. The van der Waals surface area contributed by atoms with Crippen molar-refractivity contribution in [2.45, 2.75) is 26.2 Å². The Morgan fingerprint density at radius 3 is 2.41 bits per heavy atom. The van der Waals surface area contributed by atoms with Gasteiger partial charge in [0, 0.05) is 86.3 Å². The van der Waals surface area contributed by atoms with Crippen molar-refractivity contribution in [1.82, 2.24) is 9.27 Å². The van der Waals surface area contributed by atoms with Crippen LogP contribution in [0.4, 0.5) is 22.1 Å². The van der Waals surface area contributed by atoms with Crippen molar-refractivity contribution in [2.24, 2.45) is 10.9 Å². The van der Waals surface area contributed by atoms with E-state index in [0.29, 0.717) is 17.7 Å². The van der Waals surface area contributed by atoms with E-state index in [1.807, 2.05) is 6.07 Å². The number of hydrogen-bond acceptors (Lipinski definition) is 11. The van der Waals surface area contributed by atoms with Crippen LogP contribution in [0.1, 0.15) is 36.6 Å². The van der Waals surface area contributed by atoms with E-state index in [0.717, 1.165) is 54.7 Å². The van der Waals surface area contributed by atoms with E-state index in [-0.39, 0.29) is 18.0 Å². The zero-order valence-corrected chi connectivity index (χ0v) is 23.6. The Morgan fingerprint density at radius 1 is 1.05 bits per heavy atom. The van der Waals surface area contributed by atoms with Crippen molar-refractivity contribution < 1.29 is 19.4 Å². The van der Waals surface area contributed by atoms with Gasteiger partial charge in [-0.2, -0.15) is 4.37 Å². The van der Waals surface area contributed by atoms with E-state index >= 15 is 0 Å². The zero-order chi connectivity index (χ0) is 29.1. The molecule has 0 N–H and O–H groups in total. The average Bonchev–Trinajstić information content (AvgIpc) is 3.38. The van der Waals surface area contributed by atoms with Crippen molar-refractivity contribution in [3.05, 3.63) is 85.6 Å². The first-order valence-corrected chi connectivity index (χ1v) is 14.2. The number of aliphatic imine (C=N–C) groups is 1. The maximum atomic E-state index is 13.2. The highest BCUT2D eigenvalue weighted by Crippen LogP contribution is 2.47. The zero-order valence-electron chi connectivity index (χ0n) is 22.8. The van der Waals surface area contributed by atoms with Gasteiger partial charge in [-0.15, -0.1) is 0 Å². The van der Waals surface area contributed by atoms with Gasteiger partial charge in [-0.25, -0.2) is 4.99 Å². The summed E-state index contributed by atoms with van der Waals surface area (Å²) >= 11 is 1.28. The number of anilines is 1. The summed E-state index contributed by atoms with van der Waals surface area (Å²) in [5, 5.41) is 23.2. The van der Waals surface area contributed by atoms with Crippen molar-refractivity contribution in [2.75, 3.05) is 44.2 Å². The fraction of sp³-hybridized carbons (Fsp3) is 0.393. The number of esters is 1. The molecule has 0 saturated carbocycles. The summed E-state index contributed by atoms with van der Waals surface area (Å²) in [5.41, 5.74) is 3.93. The third-order valence-corrected chi connectivity index (χ3v) is 8.40. The number of non-ortho nitro benzene ring substituents is 2. The van der Waals surface area contributed by atoms with Crippen LogP contribution in [-0.2, 0) is 16.0 Å². The maximum Gasteiger partial charge on any atom is 0.315 e. The van der Waals surface area contributed by atoms with Crippen LogP contribution in [0, 0.1) is 26.1 Å². The van der Waals surface area contributed by atoms with Gasteiger partial charge in [-0.3, -0.25) is 29.9 Å². The van der Waals surface area contributed by atoms with Crippen LogP contribution in [0.5, 0.6) is 0 Å². The Labute approximate surface area is 240 Å². The number of ether oxygens (including phenoxy) is 1. The van der Waals surface area contributed by atoms with Crippen molar-refractivity contribution >= 4 is 45.3 Å². The number of nitro benzene ring substituents is 2. The van der Waals surface area contributed by atoms with Crippen LogP contribution in [0.15, 0.2) is 53.5 Å². The first kappa shape index (κ1) is 28.3. The van der Waals surface area contributed by atoms with Gasteiger partial charge in [-0.05, 0) is 43.1 Å². The first-order chi connectivity index (χ1) is 19.8. The van der Waals surface area contributed by atoms with E-state index in [1.54, 1.807) is 32.0 Å². The SMILES string of the molecule is CCOC(=O)C1C(C)=Nc2snc(CCN3CCN(c4ccc([N+](=O)[O-])cc4)CC3)c2C1c1cccc([N+](=O)[O-])c1. The number of nitrogens with zero attached hydrogens (tertiary/aromatic N) is 6. The predicted molar refractivity (Wildman–Crippen MR) is 155 cm³/mol. The number of fused-ring (bicyclic) bond motifs is 1. The minimum absolute atomic E-state index is 0.0394.